The maximum Gasteiger partial charge on any atom is 0.159 e. The molecular formula is C18H20F2N2O. The van der Waals surface area contributed by atoms with E-state index in [2.05, 4.69) is 15.9 Å². The highest BCUT2D eigenvalue weighted by atomic mass is 19.2. The smallest absolute Gasteiger partial charge is 0.159 e. The summed E-state index contributed by atoms with van der Waals surface area (Å²) in [5.41, 5.74) is 1.95. The Labute approximate surface area is 135 Å². The molecule has 2 aromatic carbocycles. The van der Waals surface area contributed by atoms with Crippen LogP contribution in [0.25, 0.3) is 0 Å². The maximum absolute atomic E-state index is 13.3. The van der Waals surface area contributed by atoms with Gasteiger partial charge in [0.2, 0.25) is 0 Å². The first-order chi connectivity index (χ1) is 11.2. The van der Waals surface area contributed by atoms with Crippen LogP contribution in [0.3, 0.4) is 0 Å². The van der Waals surface area contributed by atoms with E-state index in [4.69, 9.17) is 4.74 Å². The van der Waals surface area contributed by atoms with Crippen LogP contribution in [-0.2, 0) is 6.54 Å². The largest absolute Gasteiger partial charge is 0.497 e. The number of hydrogen-bond acceptors (Lipinski definition) is 3. The van der Waals surface area contributed by atoms with Crippen molar-refractivity contribution < 1.29 is 13.5 Å². The number of rotatable bonds is 4. The number of methoxy groups -OCH3 is 1. The van der Waals surface area contributed by atoms with Gasteiger partial charge >= 0.3 is 0 Å². The summed E-state index contributed by atoms with van der Waals surface area (Å²) in [4.78, 5) is 4.56. The minimum Gasteiger partial charge on any atom is -0.497 e. The van der Waals surface area contributed by atoms with Crippen LogP contribution in [0.4, 0.5) is 14.5 Å². The van der Waals surface area contributed by atoms with Gasteiger partial charge in [-0.25, -0.2) is 8.78 Å². The van der Waals surface area contributed by atoms with Crippen molar-refractivity contribution in [1.29, 1.82) is 0 Å². The number of ether oxygens (including phenoxy) is 1. The molecule has 1 aliphatic heterocycles. The van der Waals surface area contributed by atoms with Gasteiger partial charge in [0, 0.05) is 44.5 Å². The Kier molecular flexibility index (Phi) is 4.76. The molecule has 0 spiro atoms. The zero-order chi connectivity index (χ0) is 16.2. The fourth-order valence-electron chi connectivity index (χ4n) is 2.87. The average Bonchev–Trinajstić information content (AvgIpc) is 2.59. The monoisotopic (exact) mass is 318 g/mol. The molecule has 122 valence electrons. The van der Waals surface area contributed by atoms with Crippen molar-refractivity contribution >= 4 is 5.69 Å². The van der Waals surface area contributed by atoms with E-state index in [1.165, 1.54) is 12.1 Å². The van der Waals surface area contributed by atoms with E-state index in [1.807, 2.05) is 18.2 Å². The van der Waals surface area contributed by atoms with Crippen LogP contribution in [-0.4, -0.2) is 38.2 Å². The van der Waals surface area contributed by atoms with Crippen molar-refractivity contribution in [2.75, 3.05) is 38.2 Å². The number of benzene rings is 2. The van der Waals surface area contributed by atoms with Crippen LogP contribution in [0.2, 0.25) is 0 Å². The maximum atomic E-state index is 13.3. The second-order valence-electron chi connectivity index (χ2n) is 5.71. The molecule has 0 aromatic heterocycles. The van der Waals surface area contributed by atoms with Crippen LogP contribution in [0.15, 0.2) is 42.5 Å². The van der Waals surface area contributed by atoms with Crippen molar-refractivity contribution in [3.05, 3.63) is 59.7 Å². The van der Waals surface area contributed by atoms with E-state index in [0.717, 1.165) is 43.2 Å². The van der Waals surface area contributed by atoms with Gasteiger partial charge in [-0.05, 0) is 29.8 Å². The van der Waals surface area contributed by atoms with Gasteiger partial charge in [0.25, 0.3) is 0 Å². The molecule has 2 aromatic rings. The van der Waals surface area contributed by atoms with E-state index in [9.17, 15) is 8.78 Å². The SMILES string of the molecule is COc1cccc(N2CCN(Cc3ccc(F)c(F)c3)CC2)c1. The summed E-state index contributed by atoms with van der Waals surface area (Å²) < 4.78 is 31.5. The summed E-state index contributed by atoms with van der Waals surface area (Å²) >= 11 is 0. The Morgan fingerprint density at radius 3 is 2.43 bits per heavy atom. The van der Waals surface area contributed by atoms with Crippen molar-refractivity contribution in [3.8, 4) is 5.75 Å². The standard InChI is InChI=1S/C18H20F2N2O/c1-23-16-4-2-3-15(12-16)22-9-7-21(8-10-22)13-14-5-6-17(19)18(20)11-14/h2-6,11-12H,7-10,13H2,1H3. The third kappa shape index (κ3) is 3.79. The number of halogens is 2. The molecule has 1 aliphatic rings. The third-order valence-corrected chi connectivity index (χ3v) is 4.18. The predicted molar refractivity (Wildman–Crippen MR) is 86.8 cm³/mol. The Morgan fingerprint density at radius 2 is 1.74 bits per heavy atom. The number of anilines is 1. The molecule has 1 fully saturated rings. The molecule has 0 atom stereocenters. The Morgan fingerprint density at radius 1 is 0.957 bits per heavy atom. The predicted octanol–water partition coefficient (Wildman–Crippen LogP) is 3.30. The molecule has 0 bridgehead atoms. The summed E-state index contributed by atoms with van der Waals surface area (Å²) in [6.07, 6.45) is 0. The summed E-state index contributed by atoms with van der Waals surface area (Å²) in [5.74, 6) is -0.721. The van der Waals surface area contributed by atoms with Gasteiger partial charge in [0.05, 0.1) is 7.11 Å². The lowest BCUT2D eigenvalue weighted by atomic mass is 10.1. The molecular weight excluding hydrogens is 298 g/mol. The zero-order valence-corrected chi connectivity index (χ0v) is 13.1. The average molecular weight is 318 g/mol. The molecule has 23 heavy (non-hydrogen) atoms. The third-order valence-electron chi connectivity index (χ3n) is 4.18. The summed E-state index contributed by atoms with van der Waals surface area (Å²) in [6.45, 7) is 4.21. The summed E-state index contributed by atoms with van der Waals surface area (Å²) in [5, 5.41) is 0. The van der Waals surface area contributed by atoms with Crippen LogP contribution < -0.4 is 9.64 Å². The Hall–Kier alpha value is -2.14. The van der Waals surface area contributed by atoms with E-state index in [1.54, 1.807) is 13.2 Å². The molecule has 0 N–H and O–H groups in total. The first kappa shape index (κ1) is 15.7. The van der Waals surface area contributed by atoms with Crippen LogP contribution >= 0.6 is 0 Å². The molecule has 0 aliphatic carbocycles. The van der Waals surface area contributed by atoms with Gasteiger partial charge in [-0.15, -0.1) is 0 Å². The molecule has 0 unspecified atom stereocenters. The summed E-state index contributed by atoms with van der Waals surface area (Å²) in [6, 6.07) is 12.1. The van der Waals surface area contributed by atoms with Gasteiger partial charge < -0.3 is 9.64 Å². The highest BCUT2D eigenvalue weighted by Crippen LogP contribution is 2.22. The zero-order valence-electron chi connectivity index (χ0n) is 13.1. The van der Waals surface area contributed by atoms with Crippen molar-refractivity contribution in [2.45, 2.75) is 6.54 Å². The van der Waals surface area contributed by atoms with Gasteiger partial charge in [-0.3, -0.25) is 4.90 Å². The number of nitrogens with zero attached hydrogens (tertiary/aromatic N) is 2. The van der Waals surface area contributed by atoms with Crippen LogP contribution in [0.1, 0.15) is 5.56 Å². The number of hydrogen-bond donors (Lipinski definition) is 0. The highest BCUT2D eigenvalue weighted by Gasteiger charge is 2.18. The van der Waals surface area contributed by atoms with E-state index in [0.29, 0.717) is 6.54 Å². The molecule has 0 saturated carbocycles. The van der Waals surface area contributed by atoms with E-state index in [-0.39, 0.29) is 0 Å². The van der Waals surface area contributed by atoms with E-state index >= 15 is 0 Å². The first-order valence-electron chi connectivity index (χ1n) is 7.71. The molecule has 0 radical (unpaired) electrons. The quantitative estimate of drug-likeness (QED) is 0.860. The Bertz CT molecular complexity index is 670. The molecule has 5 heteroatoms. The lowest BCUT2D eigenvalue weighted by Gasteiger charge is -2.36. The lowest BCUT2D eigenvalue weighted by Crippen LogP contribution is -2.45. The fourth-order valence-corrected chi connectivity index (χ4v) is 2.87. The fraction of sp³-hybridized carbons (Fsp3) is 0.333. The van der Waals surface area contributed by atoms with Crippen LogP contribution in [0, 0.1) is 11.6 Å². The van der Waals surface area contributed by atoms with Crippen molar-refractivity contribution in [3.63, 3.8) is 0 Å². The highest BCUT2D eigenvalue weighted by molar-refractivity contribution is 5.51. The van der Waals surface area contributed by atoms with Gasteiger partial charge in [0.15, 0.2) is 11.6 Å². The van der Waals surface area contributed by atoms with Gasteiger partial charge in [-0.2, -0.15) is 0 Å². The minimum absolute atomic E-state index is 0.642. The topological polar surface area (TPSA) is 15.7 Å². The summed E-state index contributed by atoms with van der Waals surface area (Å²) in [7, 11) is 1.67. The van der Waals surface area contributed by atoms with Crippen molar-refractivity contribution in [1.82, 2.24) is 4.90 Å². The van der Waals surface area contributed by atoms with Crippen LogP contribution in [0.5, 0.6) is 5.75 Å². The molecule has 0 amide bonds. The molecule has 3 nitrogen and oxygen atoms in total. The van der Waals surface area contributed by atoms with Gasteiger partial charge in [-0.1, -0.05) is 12.1 Å². The minimum atomic E-state index is -0.795. The first-order valence-corrected chi connectivity index (χ1v) is 7.71. The van der Waals surface area contributed by atoms with Gasteiger partial charge in [0.1, 0.15) is 5.75 Å². The normalized spacial score (nSPS) is 15.7. The molecule has 1 saturated heterocycles. The Balaban J connectivity index is 1.58. The van der Waals surface area contributed by atoms with Crippen molar-refractivity contribution in [2.24, 2.45) is 0 Å². The second kappa shape index (κ2) is 6.96. The lowest BCUT2D eigenvalue weighted by molar-refractivity contribution is 0.249. The molecule has 1 heterocycles. The second-order valence-corrected chi connectivity index (χ2v) is 5.71. The molecule has 3 rings (SSSR count). The van der Waals surface area contributed by atoms with E-state index < -0.39 is 11.6 Å². The number of piperazine rings is 1.